The smallest absolute Gasteiger partial charge is 0.336 e. The second-order valence-corrected chi connectivity index (χ2v) is 5.72. The first kappa shape index (κ1) is 14.1. The maximum atomic E-state index is 14.1. The van der Waals surface area contributed by atoms with Crippen molar-refractivity contribution in [1.82, 2.24) is 0 Å². The third-order valence-electron chi connectivity index (χ3n) is 3.58. The standard InChI is InChI=1S/C16H12BrFO3/c17-14-12(16(19)20)6-7-13(15(14)18)21-11-5-4-9-2-1-3-10(9)8-11/h4-8H,1-3H2,(H,19,20). The molecule has 0 aliphatic heterocycles. The molecule has 108 valence electrons. The van der Waals surface area contributed by atoms with Crippen molar-refractivity contribution in [3.05, 3.63) is 57.3 Å². The normalized spacial score (nSPS) is 13.0. The van der Waals surface area contributed by atoms with Crippen LogP contribution in [0.25, 0.3) is 0 Å². The summed E-state index contributed by atoms with van der Waals surface area (Å²) in [7, 11) is 0. The van der Waals surface area contributed by atoms with E-state index in [4.69, 9.17) is 9.84 Å². The van der Waals surface area contributed by atoms with Crippen LogP contribution in [-0.4, -0.2) is 11.1 Å². The number of ether oxygens (including phenoxy) is 1. The Morgan fingerprint density at radius 1 is 1.19 bits per heavy atom. The lowest BCUT2D eigenvalue weighted by atomic mass is 10.1. The summed E-state index contributed by atoms with van der Waals surface area (Å²) in [5.74, 6) is -1.34. The molecule has 3 nitrogen and oxygen atoms in total. The molecule has 0 amide bonds. The molecular formula is C16H12BrFO3. The Balaban J connectivity index is 1.92. The van der Waals surface area contributed by atoms with Crippen molar-refractivity contribution >= 4 is 21.9 Å². The van der Waals surface area contributed by atoms with Crippen LogP contribution in [0.2, 0.25) is 0 Å². The number of hydrogen-bond donors (Lipinski definition) is 1. The van der Waals surface area contributed by atoms with Crippen LogP contribution < -0.4 is 4.74 Å². The molecule has 0 radical (unpaired) electrons. The number of hydrogen-bond acceptors (Lipinski definition) is 2. The summed E-state index contributed by atoms with van der Waals surface area (Å²) in [5.41, 5.74) is 2.41. The largest absolute Gasteiger partial charge is 0.478 e. The van der Waals surface area contributed by atoms with Crippen molar-refractivity contribution in [3.8, 4) is 11.5 Å². The SMILES string of the molecule is O=C(O)c1ccc(Oc2ccc3c(c2)CCC3)c(F)c1Br. The zero-order valence-electron chi connectivity index (χ0n) is 11.0. The molecule has 0 saturated heterocycles. The molecule has 0 fully saturated rings. The van der Waals surface area contributed by atoms with Crippen molar-refractivity contribution in [1.29, 1.82) is 0 Å². The number of fused-ring (bicyclic) bond motifs is 1. The van der Waals surface area contributed by atoms with Gasteiger partial charge in [-0.05, 0) is 70.6 Å². The van der Waals surface area contributed by atoms with Crippen LogP contribution in [0.5, 0.6) is 11.5 Å². The average molecular weight is 351 g/mol. The monoisotopic (exact) mass is 350 g/mol. The summed E-state index contributed by atoms with van der Waals surface area (Å²) in [6, 6.07) is 8.37. The van der Waals surface area contributed by atoms with Crippen molar-refractivity contribution in [2.75, 3.05) is 0 Å². The van der Waals surface area contributed by atoms with Gasteiger partial charge in [-0.2, -0.15) is 0 Å². The van der Waals surface area contributed by atoms with Gasteiger partial charge in [0.05, 0.1) is 10.0 Å². The van der Waals surface area contributed by atoms with Gasteiger partial charge >= 0.3 is 5.97 Å². The van der Waals surface area contributed by atoms with Crippen LogP contribution in [0, 0.1) is 5.82 Å². The third-order valence-corrected chi connectivity index (χ3v) is 4.35. The minimum Gasteiger partial charge on any atom is -0.478 e. The van der Waals surface area contributed by atoms with Crippen LogP contribution in [0.3, 0.4) is 0 Å². The fourth-order valence-electron chi connectivity index (χ4n) is 2.51. The molecule has 0 aromatic heterocycles. The van der Waals surface area contributed by atoms with Crippen molar-refractivity contribution in [2.45, 2.75) is 19.3 Å². The summed E-state index contributed by atoms with van der Waals surface area (Å²) < 4.78 is 19.6. The van der Waals surface area contributed by atoms with Crippen LogP contribution in [-0.2, 0) is 12.8 Å². The number of carboxylic acid groups (broad SMARTS) is 1. The van der Waals surface area contributed by atoms with E-state index in [0.717, 1.165) is 19.3 Å². The van der Waals surface area contributed by atoms with Gasteiger partial charge in [-0.3, -0.25) is 0 Å². The Labute approximate surface area is 129 Å². The fourth-order valence-corrected chi connectivity index (χ4v) is 3.01. The van der Waals surface area contributed by atoms with Crippen LogP contribution in [0.15, 0.2) is 34.8 Å². The minimum absolute atomic E-state index is 0.00446. The molecule has 1 aliphatic rings. The second-order valence-electron chi connectivity index (χ2n) is 4.93. The van der Waals surface area contributed by atoms with Gasteiger partial charge in [0.25, 0.3) is 0 Å². The number of halogens is 2. The highest BCUT2D eigenvalue weighted by molar-refractivity contribution is 9.10. The number of aryl methyl sites for hydroxylation is 2. The summed E-state index contributed by atoms with van der Waals surface area (Å²) in [5, 5.41) is 8.94. The van der Waals surface area contributed by atoms with Gasteiger partial charge in [0.1, 0.15) is 5.75 Å². The average Bonchev–Trinajstić information content (AvgIpc) is 2.91. The Kier molecular flexibility index (Phi) is 3.68. The lowest BCUT2D eigenvalue weighted by Crippen LogP contribution is -2.00. The maximum absolute atomic E-state index is 14.1. The molecule has 3 rings (SSSR count). The number of benzene rings is 2. The zero-order valence-corrected chi connectivity index (χ0v) is 12.6. The second kappa shape index (κ2) is 5.48. The topological polar surface area (TPSA) is 46.5 Å². The number of aromatic carboxylic acids is 1. The van der Waals surface area contributed by atoms with E-state index < -0.39 is 11.8 Å². The molecular weight excluding hydrogens is 339 g/mol. The third kappa shape index (κ3) is 2.65. The van der Waals surface area contributed by atoms with Gasteiger partial charge in [0, 0.05) is 0 Å². The van der Waals surface area contributed by atoms with Gasteiger partial charge in [0.15, 0.2) is 11.6 Å². The highest BCUT2D eigenvalue weighted by Crippen LogP contribution is 2.33. The van der Waals surface area contributed by atoms with Crippen molar-refractivity contribution in [3.63, 3.8) is 0 Å². The Hall–Kier alpha value is -1.88. The molecule has 2 aromatic carbocycles. The van der Waals surface area contributed by atoms with E-state index in [-0.39, 0.29) is 15.8 Å². The lowest BCUT2D eigenvalue weighted by molar-refractivity contribution is 0.0695. The summed E-state index contributed by atoms with van der Waals surface area (Å²) in [6.07, 6.45) is 3.21. The van der Waals surface area contributed by atoms with Crippen molar-refractivity contribution in [2.24, 2.45) is 0 Å². The fraction of sp³-hybridized carbons (Fsp3) is 0.188. The molecule has 0 atom stereocenters. The number of carboxylic acids is 1. The van der Waals surface area contributed by atoms with Crippen LogP contribution in [0.1, 0.15) is 27.9 Å². The number of rotatable bonds is 3. The molecule has 0 unspecified atom stereocenters. The molecule has 1 aliphatic carbocycles. The van der Waals surface area contributed by atoms with Crippen LogP contribution >= 0.6 is 15.9 Å². The minimum atomic E-state index is -1.19. The molecule has 21 heavy (non-hydrogen) atoms. The van der Waals surface area contributed by atoms with Crippen LogP contribution in [0.4, 0.5) is 4.39 Å². The first-order valence-corrected chi connectivity index (χ1v) is 7.36. The molecule has 0 heterocycles. The Morgan fingerprint density at radius 2 is 1.95 bits per heavy atom. The summed E-state index contributed by atoms with van der Waals surface area (Å²) >= 11 is 2.96. The highest BCUT2D eigenvalue weighted by Gasteiger charge is 2.18. The highest BCUT2D eigenvalue weighted by atomic mass is 79.9. The molecule has 2 aromatic rings. The Morgan fingerprint density at radius 3 is 2.71 bits per heavy atom. The molecule has 0 saturated carbocycles. The summed E-state index contributed by atoms with van der Waals surface area (Å²) in [4.78, 5) is 10.9. The zero-order chi connectivity index (χ0) is 15.0. The van der Waals surface area contributed by atoms with E-state index in [1.165, 1.54) is 23.3 Å². The van der Waals surface area contributed by atoms with E-state index in [0.29, 0.717) is 5.75 Å². The lowest BCUT2D eigenvalue weighted by Gasteiger charge is -2.10. The molecule has 0 bridgehead atoms. The van der Waals surface area contributed by atoms with E-state index in [1.807, 2.05) is 18.2 Å². The van der Waals surface area contributed by atoms with E-state index in [2.05, 4.69) is 15.9 Å². The summed E-state index contributed by atoms with van der Waals surface area (Å²) in [6.45, 7) is 0. The maximum Gasteiger partial charge on any atom is 0.336 e. The van der Waals surface area contributed by atoms with Gasteiger partial charge in [-0.1, -0.05) is 6.07 Å². The number of carbonyl (C=O) groups is 1. The molecule has 1 N–H and O–H groups in total. The first-order chi connectivity index (χ1) is 10.1. The first-order valence-electron chi connectivity index (χ1n) is 6.57. The van der Waals surface area contributed by atoms with Gasteiger partial charge in [-0.15, -0.1) is 0 Å². The predicted molar refractivity (Wildman–Crippen MR) is 79.6 cm³/mol. The Bertz CT molecular complexity index is 728. The van der Waals surface area contributed by atoms with Gasteiger partial charge in [0.2, 0.25) is 0 Å². The van der Waals surface area contributed by atoms with Gasteiger partial charge < -0.3 is 9.84 Å². The van der Waals surface area contributed by atoms with E-state index in [9.17, 15) is 9.18 Å². The van der Waals surface area contributed by atoms with Gasteiger partial charge in [-0.25, -0.2) is 9.18 Å². The van der Waals surface area contributed by atoms with E-state index in [1.54, 1.807) is 0 Å². The quantitative estimate of drug-likeness (QED) is 0.881. The van der Waals surface area contributed by atoms with E-state index >= 15 is 0 Å². The molecule has 5 heteroatoms. The van der Waals surface area contributed by atoms with Crippen molar-refractivity contribution < 1.29 is 19.0 Å². The molecule has 0 spiro atoms. The predicted octanol–water partition coefficient (Wildman–Crippen LogP) is 4.57.